The van der Waals surface area contributed by atoms with E-state index in [2.05, 4.69) is 10.3 Å². The molecule has 1 aliphatic rings. The lowest BCUT2D eigenvalue weighted by Crippen LogP contribution is -2.44. The zero-order valence-corrected chi connectivity index (χ0v) is 17.2. The minimum atomic E-state index is -3.76. The van der Waals surface area contributed by atoms with Crippen molar-refractivity contribution in [1.29, 1.82) is 0 Å². The summed E-state index contributed by atoms with van der Waals surface area (Å²) in [5, 5.41) is 2.90. The average Bonchev–Trinajstić information content (AvgIpc) is 2.73. The van der Waals surface area contributed by atoms with Crippen LogP contribution in [0.3, 0.4) is 0 Å². The number of hydrogen-bond acceptors (Lipinski definition) is 5. The first-order chi connectivity index (χ1) is 14.4. The Morgan fingerprint density at radius 2 is 1.67 bits per heavy atom. The Balaban J connectivity index is 1.68. The molecule has 2 aromatic carbocycles. The number of nitrogens with zero attached hydrogens (tertiary/aromatic N) is 2. The normalized spacial score (nSPS) is 13.5. The van der Waals surface area contributed by atoms with E-state index in [1.165, 1.54) is 23.1 Å². The van der Waals surface area contributed by atoms with E-state index in [0.717, 1.165) is 0 Å². The highest BCUT2D eigenvalue weighted by atomic mass is 32.2. The predicted octanol–water partition coefficient (Wildman–Crippen LogP) is 2.21. The maximum Gasteiger partial charge on any atom is 0.264 e. The molecule has 2 amide bonds. The summed E-state index contributed by atoms with van der Waals surface area (Å²) in [7, 11) is -3.76. The molecule has 0 bridgehead atoms. The third-order valence-electron chi connectivity index (χ3n) is 4.23. The van der Waals surface area contributed by atoms with E-state index in [9.17, 15) is 18.0 Å². The Morgan fingerprint density at radius 3 is 2.30 bits per heavy atom. The molecule has 0 radical (unpaired) electrons. The molecule has 0 atom stereocenters. The summed E-state index contributed by atoms with van der Waals surface area (Å²) in [6, 6.07) is 17.6. The molecule has 0 unspecified atom stereocenters. The van der Waals surface area contributed by atoms with Gasteiger partial charge in [-0.25, -0.2) is 13.4 Å². The number of anilines is 1. The van der Waals surface area contributed by atoms with Gasteiger partial charge in [0, 0.05) is 24.9 Å². The van der Waals surface area contributed by atoms with Crippen LogP contribution in [0.15, 0.2) is 84.7 Å². The van der Waals surface area contributed by atoms with Crippen molar-refractivity contribution in [2.75, 3.05) is 5.01 Å². The third kappa shape index (κ3) is 5.56. The quantitative estimate of drug-likeness (QED) is 0.662. The minimum absolute atomic E-state index is 0.243. The van der Waals surface area contributed by atoms with Gasteiger partial charge in [-0.05, 0) is 24.1 Å². The Morgan fingerprint density at radius 1 is 1.03 bits per heavy atom. The number of rotatable bonds is 7. The molecule has 0 saturated heterocycles. The largest absolute Gasteiger partial charge is 0.274 e. The molecule has 1 aliphatic heterocycles. The molecule has 3 rings (SSSR count). The second-order valence-corrected chi connectivity index (χ2v) is 8.31. The van der Waals surface area contributed by atoms with Gasteiger partial charge in [-0.15, -0.1) is 4.83 Å². The number of benzene rings is 2. The first-order valence-corrected chi connectivity index (χ1v) is 10.9. The number of sulfonamides is 1. The summed E-state index contributed by atoms with van der Waals surface area (Å²) in [5.41, 5.74) is 3.76. The van der Waals surface area contributed by atoms with E-state index in [0.29, 0.717) is 23.2 Å². The number of carbonyl (C=O) groups excluding carboxylic acids is 2. The van der Waals surface area contributed by atoms with Gasteiger partial charge in [0.1, 0.15) is 0 Å². The lowest BCUT2D eigenvalue weighted by molar-refractivity contribution is -0.119. The molecule has 0 aliphatic carbocycles. The minimum Gasteiger partial charge on any atom is -0.274 e. The fraction of sp³-hybridized carbons (Fsp3) is 0.143. The number of amides is 2. The van der Waals surface area contributed by atoms with Crippen molar-refractivity contribution in [2.45, 2.75) is 19.1 Å². The van der Waals surface area contributed by atoms with Crippen LogP contribution in [0.1, 0.15) is 18.9 Å². The van der Waals surface area contributed by atoms with E-state index in [1.807, 2.05) is 6.07 Å². The van der Waals surface area contributed by atoms with E-state index < -0.39 is 15.9 Å². The highest BCUT2D eigenvalue weighted by Gasteiger charge is 2.22. The molecule has 30 heavy (non-hydrogen) atoms. The van der Waals surface area contributed by atoms with Gasteiger partial charge in [0.2, 0.25) is 15.9 Å². The van der Waals surface area contributed by atoms with Gasteiger partial charge in [-0.1, -0.05) is 54.6 Å². The average molecular weight is 426 g/mol. The van der Waals surface area contributed by atoms with Crippen LogP contribution in [-0.2, 0) is 25.4 Å². The van der Waals surface area contributed by atoms with Crippen LogP contribution in [0.5, 0.6) is 0 Å². The SMILES string of the molecule is CC(=O)N(c1ccccc1)N1C=CCC(C(=O)NNS(=O)(=O)Cc2ccccc2)=C1. The van der Waals surface area contributed by atoms with E-state index in [1.54, 1.807) is 66.9 Å². The Kier molecular flexibility index (Phi) is 6.65. The van der Waals surface area contributed by atoms with Gasteiger partial charge in [0.25, 0.3) is 5.91 Å². The van der Waals surface area contributed by atoms with Gasteiger partial charge in [-0.3, -0.25) is 20.0 Å². The summed E-state index contributed by atoms with van der Waals surface area (Å²) in [4.78, 5) is 26.8. The fourth-order valence-electron chi connectivity index (χ4n) is 2.90. The number of carbonyl (C=O) groups is 2. The van der Waals surface area contributed by atoms with Crippen molar-refractivity contribution in [2.24, 2.45) is 0 Å². The molecular formula is C21H22N4O4S. The topological polar surface area (TPSA) is 98.8 Å². The second-order valence-electron chi connectivity index (χ2n) is 6.59. The molecule has 2 aromatic rings. The van der Waals surface area contributed by atoms with Crippen LogP contribution in [-0.4, -0.2) is 25.2 Å². The van der Waals surface area contributed by atoms with Crippen molar-refractivity contribution in [3.63, 3.8) is 0 Å². The molecule has 0 aromatic heterocycles. The van der Waals surface area contributed by atoms with Crippen molar-refractivity contribution >= 4 is 27.5 Å². The molecule has 2 N–H and O–H groups in total. The van der Waals surface area contributed by atoms with Crippen LogP contribution in [0.4, 0.5) is 5.69 Å². The molecule has 1 heterocycles. The van der Waals surface area contributed by atoms with Crippen molar-refractivity contribution in [1.82, 2.24) is 15.3 Å². The first-order valence-electron chi connectivity index (χ1n) is 9.21. The summed E-state index contributed by atoms with van der Waals surface area (Å²) in [6.07, 6.45) is 5.18. The highest BCUT2D eigenvalue weighted by Crippen LogP contribution is 2.21. The standard InChI is InChI=1S/C21H22N4O4S/c1-17(26)25(20-12-6-3-7-13-20)24-14-8-11-19(15-24)21(27)22-23-30(28,29)16-18-9-4-2-5-10-18/h2-10,12-15,23H,11,16H2,1H3,(H,22,27). The first kappa shape index (κ1) is 21.3. The monoisotopic (exact) mass is 426 g/mol. The third-order valence-corrected chi connectivity index (χ3v) is 5.35. The Hall–Kier alpha value is -3.43. The maximum absolute atomic E-state index is 12.5. The summed E-state index contributed by atoms with van der Waals surface area (Å²) < 4.78 is 24.4. The zero-order chi connectivity index (χ0) is 21.6. The molecule has 9 heteroatoms. The number of hydrazine groups is 2. The molecular weight excluding hydrogens is 404 g/mol. The van der Waals surface area contributed by atoms with Crippen LogP contribution in [0, 0.1) is 0 Å². The van der Waals surface area contributed by atoms with E-state index in [4.69, 9.17) is 0 Å². The van der Waals surface area contributed by atoms with Crippen LogP contribution in [0.25, 0.3) is 0 Å². The van der Waals surface area contributed by atoms with E-state index >= 15 is 0 Å². The Bertz CT molecular complexity index is 1070. The predicted molar refractivity (Wildman–Crippen MR) is 114 cm³/mol. The fourth-order valence-corrected chi connectivity index (χ4v) is 3.85. The summed E-state index contributed by atoms with van der Waals surface area (Å²) in [6.45, 7) is 1.42. The number of hydrogen-bond donors (Lipinski definition) is 2. The molecule has 0 saturated carbocycles. The zero-order valence-electron chi connectivity index (χ0n) is 16.4. The van der Waals surface area contributed by atoms with E-state index in [-0.39, 0.29) is 11.7 Å². The van der Waals surface area contributed by atoms with Gasteiger partial charge in [0.15, 0.2) is 0 Å². The van der Waals surface area contributed by atoms with Crippen molar-refractivity contribution in [3.8, 4) is 0 Å². The lowest BCUT2D eigenvalue weighted by atomic mass is 10.1. The summed E-state index contributed by atoms with van der Waals surface area (Å²) in [5.74, 6) is -1.10. The molecule has 0 fully saturated rings. The van der Waals surface area contributed by atoms with Gasteiger partial charge < -0.3 is 0 Å². The molecule has 0 spiro atoms. The number of nitrogens with one attached hydrogen (secondary N) is 2. The van der Waals surface area contributed by atoms with Gasteiger partial charge >= 0.3 is 0 Å². The molecule has 8 nitrogen and oxygen atoms in total. The Labute approximate surface area is 175 Å². The second kappa shape index (κ2) is 9.38. The highest BCUT2D eigenvalue weighted by molar-refractivity contribution is 7.88. The maximum atomic E-state index is 12.5. The smallest absolute Gasteiger partial charge is 0.264 e. The van der Waals surface area contributed by atoms with Crippen LogP contribution in [0.2, 0.25) is 0 Å². The molecule has 156 valence electrons. The van der Waals surface area contributed by atoms with Gasteiger partial charge in [0.05, 0.1) is 11.4 Å². The van der Waals surface area contributed by atoms with Crippen molar-refractivity contribution in [3.05, 3.63) is 90.3 Å². The lowest BCUT2D eigenvalue weighted by Gasteiger charge is -2.32. The summed E-state index contributed by atoms with van der Waals surface area (Å²) >= 11 is 0. The number of para-hydroxylation sites is 1. The van der Waals surface area contributed by atoms with Crippen molar-refractivity contribution < 1.29 is 18.0 Å². The number of allylic oxidation sites excluding steroid dienone is 1. The van der Waals surface area contributed by atoms with Gasteiger partial charge in [-0.2, -0.15) is 0 Å². The van der Waals surface area contributed by atoms with Crippen LogP contribution >= 0.6 is 0 Å². The van der Waals surface area contributed by atoms with Crippen LogP contribution < -0.4 is 15.3 Å².